The maximum atomic E-state index is 12.7. The molecule has 2 unspecified atom stereocenters. The van der Waals surface area contributed by atoms with Crippen LogP contribution in [0.2, 0.25) is 0 Å². The Morgan fingerprint density at radius 3 is 2.74 bits per heavy atom. The van der Waals surface area contributed by atoms with Crippen molar-refractivity contribution < 1.29 is 8.42 Å². The molecule has 2 fully saturated rings. The minimum Gasteiger partial charge on any atom is -0.207 e. The van der Waals surface area contributed by atoms with Gasteiger partial charge in [-0.1, -0.05) is 6.07 Å². The average molecular weight is 276 g/mol. The van der Waals surface area contributed by atoms with Crippen molar-refractivity contribution in [3.8, 4) is 6.07 Å². The first kappa shape index (κ1) is 12.6. The SMILES string of the molecule is Cc1ccc(C#N)cc1S(=O)(=O)N1CC2CCC1C2. The van der Waals surface area contributed by atoms with Gasteiger partial charge in [0.05, 0.1) is 16.5 Å². The van der Waals surface area contributed by atoms with Crippen molar-refractivity contribution in [2.24, 2.45) is 5.92 Å². The molecule has 2 aliphatic rings. The van der Waals surface area contributed by atoms with Crippen LogP contribution in [-0.4, -0.2) is 25.3 Å². The summed E-state index contributed by atoms with van der Waals surface area (Å²) in [4.78, 5) is 0.291. The molecule has 0 aromatic heterocycles. The van der Waals surface area contributed by atoms with E-state index in [0.717, 1.165) is 19.3 Å². The van der Waals surface area contributed by atoms with Gasteiger partial charge in [0.15, 0.2) is 0 Å². The molecule has 2 bridgehead atoms. The fraction of sp³-hybridized carbons (Fsp3) is 0.500. The van der Waals surface area contributed by atoms with Gasteiger partial charge in [-0.15, -0.1) is 0 Å². The molecule has 1 aromatic carbocycles. The van der Waals surface area contributed by atoms with Crippen molar-refractivity contribution in [1.29, 1.82) is 5.26 Å². The van der Waals surface area contributed by atoms with E-state index >= 15 is 0 Å². The number of hydrogen-bond donors (Lipinski definition) is 0. The zero-order valence-electron chi connectivity index (χ0n) is 10.8. The number of benzene rings is 1. The summed E-state index contributed by atoms with van der Waals surface area (Å²) in [7, 11) is -3.45. The molecule has 1 aromatic rings. The molecule has 0 spiro atoms. The number of rotatable bonds is 2. The number of nitriles is 1. The van der Waals surface area contributed by atoms with E-state index in [0.29, 0.717) is 28.5 Å². The minimum absolute atomic E-state index is 0.167. The second-order valence-corrected chi connectivity index (χ2v) is 7.36. The normalized spacial score (nSPS) is 26.5. The molecule has 1 heterocycles. The Morgan fingerprint density at radius 1 is 1.37 bits per heavy atom. The van der Waals surface area contributed by atoms with Gasteiger partial charge in [-0.25, -0.2) is 8.42 Å². The summed E-state index contributed by atoms with van der Waals surface area (Å²) in [5.41, 5.74) is 1.11. The van der Waals surface area contributed by atoms with Crippen molar-refractivity contribution in [2.75, 3.05) is 6.54 Å². The third-order valence-corrected chi connectivity index (χ3v) is 6.32. The summed E-state index contributed by atoms with van der Waals surface area (Å²) < 4.78 is 27.1. The van der Waals surface area contributed by atoms with Crippen molar-refractivity contribution >= 4 is 10.0 Å². The van der Waals surface area contributed by atoms with Crippen molar-refractivity contribution in [3.63, 3.8) is 0 Å². The monoisotopic (exact) mass is 276 g/mol. The fourth-order valence-corrected chi connectivity index (χ4v) is 5.24. The van der Waals surface area contributed by atoms with Gasteiger partial charge in [-0.2, -0.15) is 9.57 Å². The van der Waals surface area contributed by atoms with E-state index in [9.17, 15) is 8.42 Å². The van der Waals surface area contributed by atoms with Crippen LogP contribution >= 0.6 is 0 Å². The van der Waals surface area contributed by atoms with Crippen LogP contribution in [-0.2, 0) is 10.0 Å². The van der Waals surface area contributed by atoms with Crippen LogP contribution < -0.4 is 0 Å². The summed E-state index contributed by atoms with van der Waals surface area (Å²) in [6, 6.07) is 7.04. The molecule has 0 radical (unpaired) electrons. The Hall–Kier alpha value is -1.38. The zero-order valence-corrected chi connectivity index (χ0v) is 11.7. The number of sulfonamides is 1. The van der Waals surface area contributed by atoms with Gasteiger partial charge >= 0.3 is 0 Å². The van der Waals surface area contributed by atoms with Crippen molar-refractivity contribution in [3.05, 3.63) is 29.3 Å². The summed E-state index contributed by atoms with van der Waals surface area (Å²) >= 11 is 0. The molecule has 1 aliphatic heterocycles. The van der Waals surface area contributed by atoms with E-state index in [1.165, 1.54) is 6.07 Å². The van der Waals surface area contributed by atoms with Crippen LogP contribution in [0.4, 0.5) is 0 Å². The molecule has 1 aliphatic carbocycles. The van der Waals surface area contributed by atoms with Crippen LogP contribution in [0.25, 0.3) is 0 Å². The second kappa shape index (κ2) is 4.32. The van der Waals surface area contributed by atoms with Gasteiger partial charge in [0.25, 0.3) is 0 Å². The topological polar surface area (TPSA) is 61.2 Å². The highest BCUT2D eigenvalue weighted by molar-refractivity contribution is 7.89. The summed E-state index contributed by atoms with van der Waals surface area (Å²) in [6.45, 7) is 2.42. The zero-order chi connectivity index (χ0) is 13.6. The van der Waals surface area contributed by atoms with Crippen LogP contribution in [0.1, 0.15) is 30.4 Å². The Balaban J connectivity index is 2.03. The van der Waals surface area contributed by atoms with Gasteiger partial charge < -0.3 is 0 Å². The van der Waals surface area contributed by atoms with Crippen molar-refractivity contribution in [2.45, 2.75) is 37.1 Å². The lowest BCUT2D eigenvalue weighted by Crippen LogP contribution is -2.37. The minimum atomic E-state index is -3.45. The molecule has 4 nitrogen and oxygen atoms in total. The average Bonchev–Trinajstić information content (AvgIpc) is 3.01. The van der Waals surface area contributed by atoms with Crippen LogP contribution in [0.3, 0.4) is 0 Å². The van der Waals surface area contributed by atoms with E-state index in [1.807, 2.05) is 6.07 Å². The maximum absolute atomic E-state index is 12.7. The highest BCUT2D eigenvalue weighted by atomic mass is 32.2. The third kappa shape index (κ3) is 1.96. The summed E-state index contributed by atoms with van der Waals surface area (Å²) in [5, 5.41) is 8.93. The quantitative estimate of drug-likeness (QED) is 0.830. The van der Waals surface area contributed by atoms with E-state index < -0.39 is 10.0 Å². The first-order valence-corrected chi connectivity index (χ1v) is 7.99. The third-order valence-electron chi connectivity index (χ3n) is 4.26. The molecule has 100 valence electrons. The first-order valence-electron chi connectivity index (χ1n) is 6.55. The van der Waals surface area contributed by atoms with Gasteiger partial charge in [-0.05, 0) is 49.8 Å². The van der Waals surface area contributed by atoms with Gasteiger partial charge in [0.1, 0.15) is 0 Å². The Labute approximate surface area is 113 Å². The Morgan fingerprint density at radius 2 is 2.16 bits per heavy atom. The van der Waals surface area contributed by atoms with Crippen LogP contribution in [0, 0.1) is 24.2 Å². The standard InChI is InChI=1S/C14H16N2O2S/c1-10-2-3-11(8-15)7-14(10)19(17,18)16-9-12-4-5-13(16)6-12/h2-3,7,12-13H,4-6,9H2,1H3. The number of hydrogen-bond acceptors (Lipinski definition) is 3. The largest absolute Gasteiger partial charge is 0.243 e. The molecule has 1 saturated carbocycles. The molecule has 19 heavy (non-hydrogen) atoms. The van der Waals surface area contributed by atoms with Gasteiger partial charge in [0, 0.05) is 12.6 Å². The Bertz CT molecular complexity index is 661. The highest BCUT2D eigenvalue weighted by Gasteiger charge is 2.44. The van der Waals surface area contributed by atoms with Crippen LogP contribution in [0.5, 0.6) is 0 Å². The molecule has 0 amide bonds. The predicted molar refractivity (Wildman–Crippen MR) is 70.9 cm³/mol. The maximum Gasteiger partial charge on any atom is 0.243 e. The van der Waals surface area contributed by atoms with Gasteiger partial charge in [-0.3, -0.25) is 0 Å². The highest BCUT2D eigenvalue weighted by Crippen LogP contribution is 2.40. The van der Waals surface area contributed by atoms with E-state index in [2.05, 4.69) is 0 Å². The number of fused-ring (bicyclic) bond motifs is 2. The van der Waals surface area contributed by atoms with E-state index in [-0.39, 0.29) is 6.04 Å². The lowest BCUT2D eigenvalue weighted by atomic mass is 10.1. The second-order valence-electron chi connectivity index (χ2n) is 5.50. The summed E-state index contributed by atoms with van der Waals surface area (Å²) in [6.07, 6.45) is 3.12. The first-order chi connectivity index (χ1) is 9.02. The smallest absolute Gasteiger partial charge is 0.207 e. The van der Waals surface area contributed by atoms with E-state index in [1.54, 1.807) is 23.4 Å². The van der Waals surface area contributed by atoms with Crippen molar-refractivity contribution in [1.82, 2.24) is 4.31 Å². The summed E-state index contributed by atoms with van der Waals surface area (Å²) in [5.74, 6) is 0.527. The van der Waals surface area contributed by atoms with Crippen LogP contribution in [0.15, 0.2) is 23.1 Å². The number of aryl methyl sites for hydroxylation is 1. The van der Waals surface area contributed by atoms with E-state index in [4.69, 9.17) is 5.26 Å². The number of nitrogens with zero attached hydrogens (tertiary/aromatic N) is 2. The van der Waals surface area contributed by atoms with Gasteiger partial charge in [0.2, 0.25) is 10.0 Å². The lowest BCUT2D eigenvalue weighted by molar-refractivity contribution is 0.333. The molecule has 2 atom stereocenters. The lowest BCUT2D eigenvalue weighted by Gasteiger charge is -2.26. The molecule has 0 N–H and O–H groups in total. The number of piperidine rings is 1. The molecule has 1 saturated heterocycles. The Kier molecular flexibility index (Phi) is 2.88. The molecule has 3 rings (SSSR count). The molecular formula is C14H16N2O2S. The predicted octanol–water partition coefficient (Wildman–Crippen LogP) is 2.04. The molecule has 5 heteroatoms. The fourth-order valence-electron chi connectivity index (χ4n) is 3.25. The molecular weight excluding hydrogens is 260 g/mol.